The second-order valence-corrected chi connectivity index (χ2v) is 7.19. The molecule has 2 aromatic rings. The largest absolute Gasteiger partial charge is 0.290 e. The highest BCUT2D eigenvalue weighted by Gasteiger charge is 2.24. The molecule has 1 heterocycles. The van der Waals surface area contributed by atoms with Crippen molar-refractivity contribution < 1.29 is 9.59 Å². The molecule has 0 radical (unpaired) electrons. The summed E-state index contributed by atoms with van der Waals surface area (Å²) in [7, 11) is 0. The summed E-state index contributed by atoms with van der Waals surface area (Å²) in [6, 6.07) is 18.4. The van der Waals surface area contributed by atoms with Gasteiger partial charge >= 0.3 is 0 Å². The Bertz CT molecular complexity index is 739. The summed E-state index contributed by atoms with van der Waals surface area (Å²) in [5, 5.41) is 1.95. The third kappa shape index (κ3) is 4.50. The maximum absolute atomic E-state index is 11.5. The number of nitrogens with one attached hydrogen (secondary N) is 1. The molecule has 23 heavy (non-hydrogen) atoms. The van der Waals surface area contributed by atoms with Crippen LogP contribution in [0.4, 0.5) is 4.79 Å². The van der Waals surface area contributed by atoms with Gasteiger partial charge in [0.1, 0.15) is 0 Å². The molecule has 5 heteroatoms. The van der Waals surface area contributed by atoms with E-state index in [4.69, 9.17) is 0 Å². The maximum atomic E-state index is 11.5. The lowest BCUT2D eigenvalue weighted by atomic mass is 10.1. The third-order valence-electron chi connectivity index (χ3n) is 3.32. The average Bonchev–Trinajstić information content (AvgIpc) is 2.88. The van der Waals surface area contributed by atoms with Crippen LogP contribution in [0, 0.1) is 0 Å². The van der Waals surface area contributed by atoms with Crippen LogP contribution in [0.3, 0.4) is 0 Å². The minimum atomic E-state index is -0.316. The first-order chi connectivity index (χ1) is 11.2. The Morgan fingerprint density at radius 1 is 1.00 bits per heavy atom. The van der Waals surface area contributed by atoms with Crippen molar-refractivity contribution in [3.05, 3.63) is 70.6 Å². The Labute approximate surface area is 143 Å². The Kier molecular flexibility index (Phi) is 5.20. The van der Waals surface area contributed by atoms with Gasteiger partial charge in [0.25, 0.3) is 11.1 Å². The van der Waals surface area contributed by atoms with Gasteiger partial charge in [-0.2, -0.15) is 0 Å². The summed E-state index contributed by atoms with van der Waals surface area (Å²) in [5.74, 6) is 0.709. The predicted octanol–water partition coefficient (Wildman–Crippen LogP) is 4.35. The number of hydrogen-bond donors (Lipinski definition) is 1. The van der Waals surface area contributed by atoms with Gasteiger partial charge in [0.15, 0.2) is 0 Å². The van der Waals surface area contributed by atoms with Crippen molar-refractivity contribution in [3.8, 4) is 0 Å². The molecule has 1 N–H and O–H groups in total. The first-order valence-electron chi connectivity index (χ1n) is 7.22. The maximum Gasteiger partial charge on any atom is 0.290 e. The lowest BCUT2D eigenvalue weighted by Crippen LogP contribution is -2.17. The van der Waals surface area contributed by atoms with E-state index < -0.39 is 0 Å². The highest BCUT2D eigenvalue weighted by atomic mass is 32.2. The van der Waals surface area contributed by atoms with Crippen LogP contribution in [-0.4, -0.2) is 16.9 Å². The van der Waals surface area contributed by atoms with Crippen molar-refractivity contribution in [3.63, 3.8) is 0 Å². The van der Waals surface area contributed by atoms with Crippen molar-refractivity contribution in [2.45, 2.75) is 11.3 Å². The van der Waals surface area contributed by atoms with Crippen LogP contribution in [0.15, 0.2) is 64.4 Å². The number of aryl methyl sites for hydroxylation is 1. The molecule has 1 fully saturated rings. The first kappa shape index (κ1) is 15.9. The molecule has 3 rings (SSSR count). The van der Waals surface area contributed by atoms with Crippen LogP contribution >= 0.6 is 23.5 Å². The van der Waals surface area contributed by atoms with Crippen LogP contribution < -0.4 is 5.32 Å². The van der Waals surface area contributed by atoms with Gasteiger partial charge in [0.05, 0.1) is 4.91 Å². The molecule has 0 aliphatic carbocycles. The van der Waals surface area contributed by atoms with E-state index in [0.29, 0.717) is 4.91 Å². The second-order valence-electron chi connectivity index (χ2n) is 5.01. The number of amides is 2. The zero-order chi connectivity index (χ0) is 16.1. The number of carbonyl (C=O) groups is 2. The van der Waals surface area contributed by atoms with Crippen LogP contribution in [-0.2, 0) is 11.2 Å². The van der Waals surface area contributed by atoms with Gasteiger partial charge in [-0.25, -0.2) is 0 Å². The second kappa shape index (κ2) is 7.53. The van der Waals surface area contributed by atoms with E-state index in [1.165, 1.54) is 10.5 Å². The van der Waals surface area contributed by atoms with Crippen molar-refractivity contribution in [1.82, 2.24) is 5.32 Å². The standard InChI is InChI=1S/C18H15NO2S2/c20-17-16(23-18(21)19-17)12-14-8-6-13(7-9-14)10-11-22-15-4-2-1-3-5-15/h1-9,12H,10-11H2,(H,19,20,21). The van der Waals surface area contributed by atoms with E-state index in [1.54, 1.807) is 6.08 Å². The molecular weight excluding hydrogens is 326 g/mol. The number of carbonyl (C=O) groups excluding carboxylic acids is 2. The van der Waals surface area contributed by atoms with Crippen LogP contribution in [0.1, 0.15) is 11.1 Å². The van der Waals surface area contributed by atoms with Gasteiger partial charge in [-0.15, -0.1) is 11.8 Å². The highest BCUT2D eigenvalue weighted by Crippen LogP contribution is 2.25. The van der Waals surface area contributed by atoms with Crippen LogP contribution in [0.25, 0.3) is 6.08 Å². The SMILES string of the molecule is O=C1NC(=O)C(=Cc2ccc(CCSc3ccccc3)cc2)S1. The van der Waals surface area contributed by atoms with Crippen LogP contribution in [0.5, 0.6) is 0 Å². The zero-order valence-corrected chi connectivity index (χ0v) is 14.0. The van der Waals surface area contributed by atoms with Gasteiger partial charge in [-0.1, -0.05) is 42.5 Å². The van der Waals surface area contributed by atoms with E-state index in [-0.39, 0.29) is 11.1 Å². The molecule has 116 valence electrons. The summed E-state index contributed by atoms with van der Waals surface area (Å²) in [4.78, 5) is 24.4. The fraction of sp³-hybridized carbons (Fsp3) is 0.111. The van der Waals surface area contributed by atoms with E-state index in [2.05, 4.69) is 29.6 Å². The number of thioether (sulfide) groups is 2. The topological polar surface area (TPSA) is 46.2 Å². The molecule has 1 aliphatic heterocycles. The molecule has 0 spiro atoms. The highest BCUT2D eigenvalue weighted by molar-refractivity contribution is 8.18. The Balaban J connectivity index is 1.56. The van der Waals surface area contributed by atoms with Crippen molar-refractivity contribution in [2.75, 3.05) is 5.75 Å². The summed E-state index contributed by atoms with van der Waals surface area (Å²) in [6.45, 7) is 0. The lowest BCUT2D eigenvalue weighted by molar-refractivity contribution is -0.115. The molecule has 0 atom stereocenters. The zero-order valence-electron chi connectivity index (χ0n) is 12.3. The number of hydrogen-bond acceptors (Lipinski definition) is 4. The molecule has 0 saturated carbocycles. The van der Waals surface area contributed by atoms with Crippen LogP contribution in [0.2, 0.25) is 0 Å². The van der Waals surface area contributed by atoms with Crippen molar-refractivity contribution in [1.29, 1.82) is 0 Å². The fourth-order valence-corrected chi connectivity index (χ4v) is 3.76. The summed E-state index contributed by atoms with van der Waals surface area (Å²) >= 11 is 2.78. The smallest absolute Gasteiger partial charge is 0.282 e. The summed E-state index contributed by atoms with van der Waals surface area (Å²) < 4.78 is 0. The average molecular weight is 341 g/mol. The minimum Gasteiger partial charge on any atom is -0.282 e. The summed E-state index contributed by atoms with van der Waals surface area (Å²) in [5.41, 5.74) is 2.19. The van der Waals surface area contributed by atoms with Gasteiger partial charge in [-0.05, 0) is 47.5 Å². The molecule has 2 aromatic carbocycles. The molecule has 3 nitrogen and oxygen atoms in total. The fourth-order valence-electron chi connectivity index (χ4n) is 2.16. The molecule has 0 aromatic heterocycles. The lowest BCUT2D eigenvalue weighted by Gasteiger charge is -2.03. The molecule has 1 saturated heterocycles. The number of imide groups is 1. The summed E-state index contributed by atoms with van der Waals surface area (Å²) in [6.07, 6.45) is 2.73. The molecule has 0 unspecified atom stereocenters. The first-order valence-corrected chi connectivity index (χ1v) is 9.02. The Morgan fingerprint density at radius 3 is 2.39 bits per heavy atom. The quantitative estimate of drug-likeness (QED) is 0.649. The molecular formula is C18H15NO2S2. The van der Waals surface area contributed by atoms with E-state index in [1.807, 2.05) is 42.1 Å². The van der Waals surface area contributed by atoms with Gasteiger partial charge in [-0.3, -0.25) is 14.9 Å². The van der Waals surface area contributed by atoms with E-state index >= 15 is 0 Å². The normalized spacial score (nSPS) is 15.9. The van der Waals surface area contributed by atoms with Gasteiger partial charge in [0, 0.05) is 10.6 Å². The number of rotatable bonds is 5. The molecule has 1 aliphatic rings. The van der Waals surface area contributed by atoms with Crippen molar-refractivity contribution >= 4 is 40.7 Å². The third-order valence-corrected chi connectivity index (χ3v) is 5.15. The van der Waals surface area contributed by atoms with E-state index in [0.717, 1.165) is 29.5 Å². The molecule has 2 amide bonds. The van der Waals surface area contributed by atoms with Gasteiger partial charge < -0.3 is 0 Å². The number of benzene rings is 2. The minimum absolute atomic E-state index is 0.309. The monoisotopic (exact) mass is 341 g/mol. The molecule has 0 bridgehead atoms. The Morgan fingerprint density at radius 2 is 1.74 bits per heavy atom. The predicted molar refractivity (Wildman–Crippen MR) is 96.4 cm³/mol. The van der Waals surface area contributed by atoms with Crippen molar-refractivity contribution in [2.24, 2.45) is 0 Å². The Hall–Kier alpha value is -1.98. The van der Waals surface area contributed by atoms with Gasteiger partial charge in [0.2, 0.25) is 0 Å². The van der Waals surface area contributed by atoms with E-state index in [9.17, 15) is 9.59 Å².